The molecule has 0 bridgehead atoms. The van der Waals surface area contributed by atoms with Crippen LogP contribution in [0.2, 0.25) is 0 Å². The Kier molecular flexibility index (Phi) is 7.43. The van der Waals surface area contributed by atoms with Crippen LogP contribution in [-0.4, -0.2) is 42.9 Å². The third kappa shape index (κ3) is 5.68. The predicted molar refractivity (Wildman–Crippen MR) is 124 cm³/mol. The molecule has 0 radical (unpaired) electrons. The zero-order valence-corrected chi connectivity index (χ0v) is 18.8. The summed E-state index contributed by atoms with van der Waals surface area (Å²) in [6, 6.07) is 11.2. The van der Waals surface area contributed by atoms with E-state index >= 15 is 0 Å². The number of pyridine rings is 3. The second-order valence-electron chi connectivity index (χ2n) is 6.71. The van der Waals surface area contributed by atoms with E-state index in [0.29, 0.717) is 27.7 Å². The summed E-state index contributed by atoms with van der Waals surface area (Å²) in [6.45, 7) is 1.77. The van der Waals surface area contributed by atoms with Crippen molar-refractivity contribution in [1.29, 1.82) is 0 Å². The number of hydrogen-bond acceptors (Lipinski definition) is 9. The number of aliphatic hydroxyl groups excluding tert-OH is 2. The van der Waals surface area contributed by atoms with Gasteiger partial charge in [-0.15, -0.1) is 0 Å². The van der Waals surface area contributed by atoms with E-state index < -0.39 is 6.10 Å². The molecule has 3 N–H and O–H groups in total. The van der Waals surface area contributed by atoms with E-state index in [4.69, 9.17) is 9.84 Å². The molecule has 11 heteroatoms. The molecule has 4 aromatic rings. The summed E-state index contributed by atoms with van der Waals surface area (Å²) in [4.78, 5) is 22.2. The van der Waals surface area contributed by atoms with Gasteiger partial charge >= 0.3 is 193 Å². The summed E-state index contributed by atoms with van der Waals surface area (Å²) in [5, 5.41) is 20.0. The number of nitrogens with zero attached hydrogens (tertiary/aromatic N) is 4. The van der Waals surface area contributed by atoms with Crippen molar-refractivity contribution in [2.24, 2.45) is 4.99 Å². The van der Waals surface area contributed by atoms with Crippen molar-refractivity contribution in [1.82, 2.24) is 19.9 Å². The zero-order chi connectivity index (χ0) is 22.3. The molecule has 0 aromatic carbocycles. The molecule has 1 unspecified atom stereocenters. The zero-order valence-electron chi connectivity index (χ0n) is 17.2. The van der Waals surface area contributed by atoms with E-state index in [1.54, 1.807) is 30.8 Å². The van der Waals surface area contributed by atoms with Gasteiger partial charge < -0.3 is 0 Å². The first-order chi connectivity index (χ1) is 15.6. The van der Waals surface area contributed by atoms with E-state index in [9.17, 15) is 5.11 Å². The summed E-state index contributed by atoms with van der Waals surface area (Å²) in [5.74, 6) is 1.47. The van der Waals surface area contributed by atoms with Gasteiger partial charge in [-0.05, 0) is 0 Å². The van der Waals surface area contributed by atoms with Gasteiger partial charge in [-0.3, -0.25) is 0 Å². The number of aromatic amines is 1. The van der Waals surface area contributed by atoms with Crippen molar-refractivity contribution >= 4 is 34.9 Å². The van der Waals surface area contributed by atoms with E-state index in [0.717, 1.165) is 15.6 Å². The Labute approximate surface area is 193 Å². The van der Waals surface area contributed by atoms with E-state index in [1.807, 2.05) is 37.3 Å². The molecule has 0 aliphatic carbocycles. The molecule has 0 fully saturated rings. The van der Waals surface area contributed by atoms with Crippen LogP contribution in [0.5, 0.6) is 11.5 Å². The average Bonchev–Trinajstić information content (AvgIpc) is 3.27. The van der Waals surface area contributed by atoms with Crippen molar-refractivity contribution < 1.29 is 14.9 Å². The second-order valence-corrected chi connectivity index (χ2v) is 8.66. The third-order valence-corrected chi connectivity index (χ3v) is 6.06. The fourth-order valence-electron chi connectivity index (χ4n) is 2.75. The van der Waals surface area contributed by atoms with Crippen LogP contribution in [0.4, 0.5) is 5.82 Å². The first-order valence-corrected chi connectivity index (χ1v) is 11.5. The van der Waals surface area contributed by atoms with Crippen molar-refractivity contribution in [3.8, 4) is 11.5 Å². The van der Waals surface area contributed by atoms with Gasteiger partial charge in [-0.25, -0.2) is 0 Å². The number of rotatable bonds is 8. The Balaban J connectivity index is 1.70. The van der Waals surface area contributed by atoms with E-state index in [-0.39, 0.29) is 13.0 Å². The van der Waals surface area contributed by atoms with Gasteiger partial charge in [0.15, 0.2) is 0 Å². The Bertz CT molecular complexity index is 1250. The normalized spacial score (nSPS) is 12.5. The maximum atomic E-state index is 10.1. The molecule has 4 aromatic heterocycles. The van der Waals surface area contributed by atoms with Gasteiger partial charge in [0.1, 0.15) is 0 Å². The molecule has 4 rings (SSSR count). The molecule has 0 saturated heterocycles. The maximum absolute atomic E-state index is 10.1. The minimum absolute atomic E-state index is 0.100. The van der Waals surface area contributed by atoms with Crippen LogP contribution in [0.3, 0.4) is 0 Å². The third-order valence-electron chi connectivity index (χ3n) is 4.36. The molecule has 0 spiro atoms. The number of ether oxygens (including phenoxy) is 1. The summed E-state index contributed by atoms with van der Waals surface area (Å²) in [7, 11) is 0. The van der Waals surface area contributed by atoms with Gasteiger partial charge in [0.2, 0.25) is 0 Å². The van der Waals surface area contributed by atoms with Crippen LogP contribution in [0.25, 0.3) is 0 Å². The van der Waals surface area contributed by atoms with Gasteiger partial charge in [0.25, 0.3) is 0 Å². The van der Waals surface area contributed by atoms with Crippen LogP contribution in [0.1, 0.15) is 23.8 Å². The molecule has 0 aliphatic rings. The SMILES string of the molecule is Cc1ncccc1Oc1cc(Sc2ccccn2)cnc1/N=c1/[nH]c(C(O)CCO)bs1. The topological polar surface area (TPSA) is 117 Å². The molecular formula is C21H20BN5O3S2. The van der Waals surface area contributed by atoms with Crippen LogP contribution in [0, 0.1) is 6.92 Å². The van der Waals surface area contributed by atoms with Crippen LogP contribution in [0.15, 0.2) is 69.9 Å². The Morgan fingerprint density at radius 2 is 2.06 bits per heavy atom. The number of nitrogens with one attached hydrogen (secondary N) is 1. The van der Waals surface area contributed by atoms with Gasteiger partial charge in [0.05, 0.1) is 0 Å². The Morgan fingerprint density at radius 3 is 2.84 bits per heavy atom. The Hall–Kier alpha value is -2.86. The first kappa shape index (κ1) is 22.3. The number of aliphatic hydroxyl groups is 2. The molecular weight excluding hydrogens is 445 g/mol. The first-order valence-electron chi connectivity index (χ1n) is 9.82. The van der Waals surface area contributed by atoms with Crippen molar-refractivity contribution in [3.63, 3.8) is 0 Å². The van der Waals surface area contributed by atoms with Gasteiger partial charge in [-0.1, -0.05) is 0 Å². The number of H-pyrrole nitrogens is 1. The number of hydrogen-bond donors (Lipinski definition) is 3. The molecule has 1 atom stereocenters. The van der Waals surface area contributed by atoms with Gasteiger partial charge in [0, 0.05) is 0 Å². The fourth-order valence-corrected chi connectivity index (χ4v) is 4.29. The average molecular weight is 465 g/mol. The molecule has 0 aliphatic heterocycles. The minimum atomic E-state index is -0.779. The molecule has 4 heterocycles. The van der Waals surface area contributed by atoms with Crippen molar-refractivity contribution in [2.75, 3.05) is 6.61 Å². The molecule has 0 saturated carbocycles. The van der Waals surface area contributed by atoms with Crippen molar-refractivity contribution in [3.05, 3.63) is 71.1 Å². The molecule has 0 amide bonds. The standard InChI is InChI=1S/C21H20BN5O3S2/c1-13-16(5-4-9-23-13)30-17-11-14(31-18-6-2-3-8-24-18)12-25-20(17)27-21-26-19(22-32-21)15(29)7-10-28/h2-6,8-9,11-12,15,28-29H,7,10H2,1H3,(H,25,26,27). The Morgan fingerprint density at radius 1 is 1.19 bits per heavy atom. The molecule has 8 nitrogen and oxygen atoms in total. The van der Waals surface area contributed by atoms with Gasteiger partial charge in [-0.2, -0.15) is 0 Å². The number of aryl methyl sites for hydroxylation is 1. The van der Waals surface area contributed by atoms with E-state index in [1.165, 1.54) is 22.9 Å². The van der Waals surface area contributed by atoms with Crippen LogP contribution >= 0.6 is 22.9 Å². The predicted octanol–water partition coefficient (Wildman–Crippen LogP) is 3.50. The van der Waals surface area contributed by atoms with Crippen LogP contribution < -0.4 is 9.54 Å². The van der Waals surface area contributed by atoms with E-state index in [2.05, 4.69) is 24.9 Å². The van der Waals surface area contributed by atoms with Crippen molar-refractivity contribution in [2.45, 2.75) is 29.4 Å². The summed E-state index contributed by atoms with van der Waals surface area (Å²) in [6.07, 6.45) is 6.41. The molecule has 32 heavy (non-hydrogen) atoms. The number of aromatic nitrogens is 4. The second kappa shape index (κ2) is 10.6. The summed E-state index contributed by atoms with van der Waals surface area (Å²) >= 11 is 2.81. The quantitative estimate of drug-likeness (QED) is 0.365. The summed E-state index contributed by atoms with van der Waals surface area (Å²) < 4.78 is 6.14. The monoisotopic (exact) mass is 465 g/mol. The fraction of sp³-hybridized carbons (Fsp3) is 0.190. The molecule has 162 valence electrons. The van der Waals surface area contributed by atoms with Crippen LogP contribution in [-0.2, 0) is 0 Å². The summed E-state index contributed by atoms with van der Waals surface area (Å²) in [5.41, 5.74) is 1.34.